The lowest BCUT2D eigenvalue weighted by atomic mass is 9.84. The summed E-state index contributed by atoms with van der Waals surface area (Å²) >= 11 is 0. The molecule has 1 aliphatic heterocycles. The zero-order chi connectivity index (χ0) is 11.8. The summed E-state index contributed by atoms with van der Waals surface area (Å²) in [6, 6.07) is 0.722. The second kappa shape index (κ2) is 4.48. The first-order chi connectivity index (χ1) is 7.48. The molecule has 0 aromatic carbocycles. The first-order valence-corrected chi connectivity index (χ1v) is 6.76. The minimum Gasteiger partial charge on any atom is -0.298 e. The van der Waals surface area contributed by atoms with Gasteiger partial charge < -0.3 is 0 Å². The van der Waals surface area contributed by atoms with E-state index in [2.05, 4.69) is 4.90 Å². The fourth-order valence-electron chi connectivity index (χ4n) is 3.12. The van der Waals surface area contributed by atoms with E-state index in [-0.39, 0.29) is 5.41 Å². The highest BCUT2D eigenvalue weighted by molar-refractivity contribution is 5.85. The van der Waals surface area contributed by atoms with E-state index < -0.39 is 0 Å². The summed E-state index contributed by atoms with van der Waals surface area (Å²) in [6.45, 7) is 7.93. The largest absolute Gasteiger partial charge is 0.298 e. The third kappa shape index (κ3) is 2.48. The van der Waals surface area contributed by atoms with Crippen molar-refractivity contribution in [3.05, 3.63) is 0 Å². The van der Waals surface area contributed by atoms with Crippen LogP contribution in [0.4, 0.5) is 0 Å². The molecule has 1 saturated heterocycles. The maximum Gasteiger partial charge on any atom is 0.152 e. The monoisotopic (exact) mass is 223 g/mol. The SMILES string of the molecule is CC(C)(C)C(=O)CN1CCC2CCCCC21. The maximum absolute atomic E-state index is 12.1. The van der Waals surface area contributed by atoms with Crippen molar-refractivity contribution in [2.45, 2.75) is 58.9 Å². The molecule has 0 aromatic heterocycles. The number of carbonyl (C=O) groups excluding carboxylic acids is 1. The first kappa shape index (κ1) is 12.1. The lowest BCUT2D eigenvalue weighted by Gasteiger charge is -2.32. The van der Waals surface area contributed by atoms with Gasteiger partial charge in [-0.3, -0.25) is 9.69 Å². The Bertz CT molecular complexity index is 266. The Labute approximate surface area is 99.4 Å². The van der Waals surface area contributed by atoms with Crippen molar-refractivity contribution < 1.29 is 4.79 Å². The van der Waals surface area contributed by atoms with Gasteiger partial charge in [0.1, 0.15) is 0 Å². The van der Waals surface area contributed by atoms with Crippen molar-refractivity contribution in [3.63, 3.8) is 0 Å². The second-order valence-corrected chi connectivity index (χ2v) is 6.54. The number of fused-ring (bicyclic) bond motifs is 1. The fourth-order valence-corrected chi connectivity index (χ4v) is 3.12. The Hall–Kier alpha value is -0.370. The molecule has 0 bridgehead atoms. The number of nitrogens with zero attached hydrogens (tertiary/aromatic N) is 1. The van der Waals surface area contributed by atoms with Crippen LogP contribution in [-0.4, -0.2) is 29.8 Å². The molecular formula is C14H25NO. The van der Waals surface area contributed by atoms with Gasteiger partial charge in [0.25, 0.3) is 0 Å². The molecule has 1 aliphatic carbocycles. The molecule has 2 heteroatoms. The molecule has 0 amide bonds. The molecule has 2 fully saturated rings. The van der Waals surface area contributed by atoms with Crippen LogP contribution in [0.3, 0.4) is 0 Å². The summed E-state index contributed by atoms with van der Waals surface area (Å²) in [5, 5.41) is 0. The smallest absolute Gasteiger partial charge is 0.152 e. The minimum atomic E-state index is -0.174. The highest BCUT2D eigenvalue weighted by Gasteiger charge is 2.37. The molecule has 1 heterocycles. The van der Waals surface area contributed by atoms with Gasteiger partial charge in [0.05, 0.1) is 6.54 Å². The number of likely N-dealkylation sites (tertiary alicyclic amines) is 1. The Kier molecular flexibility index (Phi) is 3.39. The van der Waals surface area contributed by atoms with Crippen molar-refractivity contribution in [1.29, 1.82) is 0 Å². The van der Waals surface area contributed by atoms with Crippen LogP contribution in [0.1, 0.15) is 52.9 Å². The van der Waals surface area contributed by atoms with Crippen LogP contribution in [-0.2, 0) is 4.79 Å². The van der Waals surface area contributed by atoms with Crippen molar-refractivity contribution in [2.24, 2.45) is 11.3 Å². The topological polar surface area (TPSA) is 20.3 Å². The van der Waals surface area contributed by atoms with Gasteiger partial charge in [0, 0.05) is 11.5 Å². The van der Waals surface area contributed by atoms with Gasteiger partial charge in [-0.1, -0.05) is 33.6 Å². The molecule has 16 heavy (non-hydrogen) atoms. The molecule has 2 nitrogen and oxygen atoms in total. The van der Waals surface area contributed by atoms with E-state index in [9.17, 15) is 4.79 Å². The molecule has 0 radical (unpaired) electrons. The van der Waals surface area contributed by atoms with Gasteiger partial charge >= 0.3 is 0 Å². The third-order valence-corrected chi connectivity index (χ3v) is 4.31. The van der Waals surface area contributed by atoms with Crippen molar-refractivity contribution in [3.8, 4) is 0 Å². The Morgan fingerprint density at radius 1 is 1.19 bits per heavy atom. The number of hydrogen-bond donors (Lipinski definition) is 0. The average Bonchev–Trinajstić information content (AvgIpc) is 2.61. The predicted octanol–water partition coefficient (Wildman–Crippen LogP) is 2.87. The zero-order valence-corrected chi connectivity index (χ0v) is 11.0. The molecule has 0 aromatic rings. The van der Waals surface area contributed by atoms with Crippen LogP contribution in [0.25, 0.3) is 0 Å². The summed E-state index contributed by atoms with van der Waals surface area (Å²) in [5.74, 6) is 1.29. The maximum atomic E-state index is 12.1. The highest BCUT2D eigenvalue weighted by atomic mass is 16.1. The van der Waals surface area contributed by atoms with E-state index in [1.165, 1.54) is 32.1 Å². The lowest BCUT2D eigenvalue weighted by molar-refractivity contribution is -0.127. The number of carbonyl (C=O) groups is 1. The van der Waals surface area contributed by atoms with E-state index in [4.69, 9.17) is 0 Å². The summed E-state index contributed by atoms with van der Waals surface area (Å²) in [7, 11) is 0. The molecule has 0 N–H and O–H groups in total. The predicted molar refractivity (Wildman–Crippen MR) is 66.4 cm³/mol. The summed E-state index contributed by atoms with van der Waals surface area (Å²) in [4.78, 5) is 14.5. The minimum absolute atomic E-state index is 0.174. The van der Waals surface area contributed by atoms with Gasteiger partial charge in [-0.05, 0) is 31.7 Å². The van der Waals surface area contributed by atoms with Crippen LogP contribution < -0.4 is 0 Å². The second-order valence-electron chi connectivity index (χ2n) is 6.54. The average molecular weight is 223 g/mol. The van der Waals surface area contributed by atoms with Crippen LogP contribution in [0.2, 0.25) is 0 Å². The summed E-state index contributed by atoms with van der Waals surface area (Å²) in [6.07, 6.45) is 6.80. The van der Waals surface area contributed by atoms with E-state index in [1.807, 2.05) is 20.8 Å². The number of rotatable bonds is 2. The Balaban J connectivity index is 1.93. The Morgan fingerprint density at radius 3 is 2.56 bits per heavy atom. The third-order valence-electron chi connectivity index (χ3n) is 4.31. The molecular weight excluding hydrogens is 198 g/mol. The van der Waals surface area contributed by atoms with Gasteiger partial charge in [-0.15, -0.1) is 0 Å². The van der Waals surface area contributed by atoms with Crippen LogP contribution in [0.5, 0.6) is 0 Å². The molecule has 92 valence electrons. The summed E-state index contributed by atoms with van der Waals surface area (Å²) < 4.78 is 0. The van der Waals surface area contributed by atoms with Gasteiger partial charge in [-0.25, -0.2) is 0 Å². The molecule has 2 rings (SSSR count). The number of ketones is 1. The summed E-state index contributed by atoms with van der Waals surface area (Å²) in [5.41, 5.74) is -0.174. The zero-order valence-electron chi connectivity index (χ0n) is 11.0. The van der Waals surface area contributed by atoms with E-state index in [1.54, 1.807) is 0 Å². The molecule has 2 aliphatic rings. The number of Topliss-reactive ketones (excluding diaryl/α,β-unsaturated/α-hetero) is 1. The van der Waals surface area contributed by atoms with Crippen LogP contribution >= 0.6 is 0 Å². The van der Waals surface area contributed by atoms with Gasteiger partial charge in [0.2, 0.25) is 0 Å². The Morgan fingerprint density at radius 2 is 1.88 bits per heavy atom. The number of hydrogen-bond acceptors (Lipinski definition) is 2. The molecule has 1 saturated carbocycles. The van der Waals surface area contributed by atoms with E-state index in [0.717, 1.165) is 18.5 Å². The van der Waals surface area contributed by atoms with Gasteiger partial charge in [0.15, 0.2) is 5.78 Å². The van der Waals surface area contributed by atoms with Crippen molar-refractivity contribution in [2.75, 3.05) is 13.1 Å². The normalized spacial score (nSPS) is 31.4. The van der Waals surface area contributed by atoms with E-state index in [0.29, 0.717) is 12.3 Å². The quantitative estimate of drug-likeness (QED) is 0.717. The van der Waals surface area contributed by atoms with E-state index >= 15 is 0 Å². The lowest BCUT2D eigenvalue weighted by Crippen LogP contribution is -2.41. The fraction of sp³-hybridized carbons (Fsp3) is 0.929. The van der Waals surface area contributed by atoms with Crippen molar-refractivity contribution in [1.82, 2.24) is 4.90 Å². The molecule has 2 unspecified atom stereocenters. The first-order valence-electron chi connectivity index (χ1n) is 6.76. The molecule has 2 atom stereocenters. The van der Waals surface area contributed by atoms with Crippen LogP contribution in [0.15, 0.2) is 0 Å². The molecule has 0 spiro atoms. The van der Waals surface area contributed by atoms with Gasteiger partial charge in [-0.2, -0.15) is 0 Å². The van der Waals surface area contributed by atoms with Crippen LogP contribution in [0, 0.1) is 11.3 Å². The standard InChI is InChI=1S/C14H25NO/c1-14(2,3)13(16)10-15-9-8-11-6-4-5-7-12(11)15/h11-12H,4-10H2,1-3H3. The highest BCUT2D eigenvalue weighted by Crippen LogP contribution is 2.36. The van der Waals surface area contributed by atoms with Crippen molar-refractivity contribution >= 4 is 5.78 Å².